The largest absolute Gasteiger partial charge is 0.465 e. The number of hydrogen-bond donors (Lipinski definition) is 1. The number of allylic oxidation sites excluding steroid dienone is 1. The van der Waals surface area contributed by atoms with E-state index < -0.39 is 10.0 Å². The van der Waals surface area contributed by atoms with Crippen LogP contribution in [0, 0.1) is 0 Å². The molecule has 0 saturated heterocycles. The minimum atomic E-state index is -3.70. The third kappa shape index (κ3) is 4.24. The normalized spacial score (nSPS) is 11.5. The van der Waals surface area contributed by atoms with E-state index in [4.69, 9.17) is 4.42 Å². The highest BCUT2D eigenvalue weighted by atomic mass is 32.2. The molecule has 1 heterocycles. The van der Waals surface area contributed by atoms with Gasteiger partial charge in [0.1, 0.15) is 5.76 Å². The molecule has 1 N–H and O–H groups in total. The van der Waals surface area contributed by atoms with Gasteiger partial charge in [-0.2, -0.15) is 0 Å². The predicted molar refractivity (Wildman–Crippen MR) is 95.8 cm³/mol. The van der Waals surface area contributed by atoms with E-state index in [0.717, 1.165) is 0 Å². The summed E-state index contributed by atoms with van der Waals surface area (Å²) in [5.41, 5.74) is 0.692. The van der Waals surface area contributed by atoms with E-state index >= 15 is 0 Å². The second-order valence-electron chi connectivity index (χ2n) is 5.21. The van der Waals surface area contributed by atoms with Gasteiger partial charge in [0.2, 0.25) is 0 Å². The summed E-state index contributed by atoms with van der Waals surface area (Å²) in [7, 11) is -3.70. The molecule has 0 aliphatic heterocycles. The fourth-order valence-electron chi connectivity index (χ4n) is 2.19. The molecule has 126 valence electrons. The molecular formula is C19H15NO4S. The van der Waals surface area contributed by atoms with E-state index in [-0.39, 0.29) is 10.7 Å². The predicted octanol–water partition coefficient (Wildman–Crippen LogP) is 3.98. The number of benzene rings is 2. The van der Waals surface area contributed by atoms with Crippen LogP contribution in [0.1, 0.15) is 16.1 Å². The van der Waals surface area contributed by atoms with Crippen LogP contribution >= 0.6 is 0 Å². The van der Waals surface area contributed by atoms with E-state index in [0.29, 0.717) is 17.0 Å². The molecule has 0 saturated carbocycles. The Labute approximate surface area is 145 Å². The maximum Gasteiger partial charge on any atom is 0.261 e. The van der Waals surface area contributed by atoms with E-state index in [1.807, 2.05) is 0 Å². The van der Waals surface area contributed by atoms with Crippen LogP contribution in [0.15, 0.2) is 88.4 Å². The van der Waals surface area contributed by atoms with Gasteiger partial charge in [-0.1, -0.05) is 30.3 Å². The molecule has 3 rings (SSSR count). The lowest BCUT2D eigenvalue weighted by Gasteiger charge is -2.08. The van der Waals surface area contributed by atoms with Crippen molar-refractivity contribution >= 4 is 27.6 Å². The fraction of sp³-hybridized carbons (Fsp3) is 0. The number of rotatable bonds is 6. The summed E-state index contributed by atoms with van der Waals surface area (Å²) in [6.07, 6.45) is 4.45. The van der Waals surface area contributed by atoms with Crippen molar-refractivity contribution < 1.29 is 17.6 Å². The van der Waals surface area contributed by atoms with E-state index in [2.05, 4.69) is 4.72 Å². The van der Waals surface area contributed by atoms with Crippen LogP contribution in [0.4, 0.5) is 5.69 Å². The molecule has 1 aromatic heterocycles. The van der Waals surface area contributed by atoms with Crippen LogP contribution in [0.3, 0.4) is 0 Å². The molecule has 0 amide bonds. The minimum Gasteiger partial charge on any atom is -0.465 e. The molecule has 0 atom stereocenters. The molecular weight excluding hydrogens is 338 g/mol. The SMILES string of the molecule is O=C(/C=C/c1ccco1)c1cccc(NS(=O)(=O)c2ccccc2)c1. The second-order valence-corrected chi connectivity index (χ2v) is 6.89. The van der Waals surface area contributed by atoms with Crippen molar-refractivity contribution in [3.63, 3.8) is 0 Å². The number of ketones is 1. The van der Waals surface area contributed by atoms with Crippen molar-refractivity contribution in [1.82, 2.24) is 0 Å². The summed E-state index contributed by atoms with van der Waals surface area (Å²) in [5.74, 6) is 0.312. The molecule has 0 radical (unpaired) electrons. The smallest absolute Gasteiger partial charge is 0.261 e. The van der Waals surface area contributed by atoms with Crippen molar-refractivity contribution in [2.24, 2.45) is 0 Å². The number of carbonyl (C=O) groups excluding carboxylic acids is 1. The maximum absolute atomic E-state index is 12.3. The minimum absolute atomic E-state index is 0.157. The zero-order valence-electron chi connectivity index (χ0n) is 13.1. The van der Waals surface area contributed by atoms with Crippen LogP contribution in [-0.4, -0.2) is 14.2 Å². The summed E-state index contributed by atoms with van der Waals surface area (Å²) >= 11 is 0. The first-order chi connectivity index (χ1) is 12.0. The van der Waals surface area contributed by atoms with Crippen LogP contribution in [0.25, 0.3) is 6.08 Å². The molecule has 0 aliphatic rings. The van der Waals surface area contributed by atoms with Crippen molar-refractivity contribution in [2.45, 2.75) is 4.90 Å². The number of furan rings is 1. The third-order valence-corrected chi connectivity index (χ3v) is 4.79. The van der Waals surface area contributed by atoms with Gasteiger partial charge >= 0.3 is 0 Å². The first kappa shape index (κ1) is 16.7. The van der Waals surface area contributed by atoms with Gasteiger partial charge in [-0.15, -0.1) is 0 Å². The Balaban J connectivity index is 1.79. The highest BCUT2D eigenvalue weighted by molar-refractivity contribution is 7.92. The molecule has 0 bridgehead atoms. The summed E-state index contributed by atoms with van der Waals surface area (Å²) in [4.78, 5) is 12.4. The molecule has 6 heteroatoms. The maximum atomic E-state index is 12.3. The Bertz CT molecular complexity index is 991. The van der Waals surface area contributed by atoms with Gasteiger partial charge in [0.05, 0.1) is 11.2 Å². The van der Waals surface area contributed by atoms with Crippen LogP contribution in [0.5, 0.6) is 0 Å². The van der Waals surface area contributed by atoms with Gasteiger partial charge in [-0.05, 0) is 48.6 Å². The highest BCUT2D eigenvalue weighted by Crippen LogP contribution is 2.18. The number of anilines is 1. The van der Waals surface area contributed by atoms with E-state index in [1.54, 1.807) is 54.6 Å². The standard InChI is InChI=1S/C19H15NO4S/c21-19(12-11-17-8-5-13-24-17)15-6-4-7-16(14-15)20-25(22,23)18-9-2-1-3-10-18/h1-14,20H/b12-11+. The van der Waals surface area contributed by atoms with Gasteiger partial charge in [0.25, 0.3) is 10.0 Å². The summed E-state index contributed by atoms with van der Waals surface area (Å²) < 4.78 is 32.3. The molecule has 25 heavy (non-hydrogen) atoms. The topological polar surface area (TPSA) is 76.4 Å². The van der Waals surface area contributed by atoms with E-state index in [9.17, 15) is 13.2 Å². The highest BCUT2D eigenvalue weighted by Gasteiger charge is 2.14. The number of sulfonamides is 1. The fourth-order valence-corrected chi connectivity index (χ4v) is 3.26. The average Bonchev–Trinajstić information content (AvgIpc) is 3.14. The first-order valence-corrected chi connectivity index (χ1v) is 8.97. The molecule has 0 unspecified atom stereocenters. The van der Waals surface area contributed by atoms with Crippen molar-refractivity contribution in [3.05, 3.63) is 90.4 Å². The van der Waals surface area contributed by atoms with Crippen LogP contribution in [-0.2, 0) is 10.0 Å². The van der Waals surface area contributed by atoms with Crippen molar-refractivity contribution in [1.29, 1.82) is 0 Å². The van der Waals surface area contributed by atoms with Gasteiger partial charge in [0.15, 0.2) is 5.78 Å². The molecule has 2 aromatic carbocycles. The Morgan fingerprint density at radius 2 is 1.76 bits per heavy atom. The average molecular weight is 353 g/mol. The zero-order valence-corrected chi connectivity index (χ0v) is 13.9. The molecule has 5 nitrogen and oxygen atoms in total. The van der Waals surface area contributed by atoms with Gasteiger partial charge in [-0.3, -0.25) is 9.52 Å². The summed E-state index contributed by atoms with van der Waals surface area (Å²) in [5, 5.41) is 0. The molecule has 3 aromatic rings. The lowest BCUT2D eigenvalue weighted by Crippen LogP contribution is -2.13. The lowest BCUT2D eigenvalue weighted by atomic mass is 10.1. The van der Waals surface area contributed by atoms with Crippen LogP contribution in [0.2, 0.25) is 0 Å². The Morgan fingerprint density at radius 3 is 2.48 bits per heavy atom. The quantitative estimate of drug-likeness (QED) is 0.537. The van der Waals surface area contributed by atoms with Gasteiger partial charge in [-0.25, -0.2) is 8.42 Å². The Kier molecular flexibility index (Phi) is 4.81. The van der Waals surface area contributed by atoms with Crippen LogP contribution < -0.4 is 4.72 Å². The molecule has 0 aliphatic carbocycles. The molecule has 0 fully saturated rings. The Morgan fingerprint density at radius 1 is 0.960 bits per heavy atom. The van der Waals surface area contributed by atoms with Crippen molar-refractivity contribution in [2.75, 3.05) is 4.72 Å². The molecule has 0 spiro atoms. The van der Waals surface area contributed by atoms with Gasteiger partial charge in [0, 0.05) is 11.3 Å². The number of nitrogens with one attached hydrogen (secondary N) is 1. The second kappa shape index (κ2) is 7.19. The number of hydrogen-bond acceptors (Lipinski definition) is 4. The van der Waals surface area contributed by atoms with Gasteiger partial charge < -0.3 is 4.42 Å². The zero-order chi connectivity index (χ0) is 17.7. The lowest BCUT2D eigenvalue weighted by molar-refractivity contribution is 0.104. The Hall–Kier alpha value is -3.12. The van der Waals surface area contributed by atoms with Crippen molar-refractivity contribution in [3.8, 4) is 0 Å². The number of carbonyl (C=O) groups is 1. The van der Waals surface area contributed by atoms with E-state index in [1.165, 1.54) is 30.5 Å². The third-order valence-electron chi connectivity index (χ3n) is 3.39. The monoisotopic (exact) mass is 353 g/mol. The first-order valence-electron chi connectivity index (χ1n) is 7.48. The summed E-state index contributed by atoms with van der Waals surface area (Å²) in [6, 6.07) is 17.8. The summed E-state index contributed by atoms with van der Waals surface area (Å²) in [6.45, 7) is 0.